The van der Waals surface area contributed by atoms with Gasteiger partial charge in [0.05, 0.1) is 0 Å². The molecule has 0 saturated heterocycles. The van der Waals surface area contributed by atoms with Crippen LogP contribution in [0, 0.1) is 13.8 Å². The molecule has 0 radical (unpaired) electrons. The van der Waals surface area contributed by atoms with Crippen LogP contribution in [0.2, 0.25) is 0 Å². The van der Waals surface area contributed by atoms with Crippen LogP contribution in [0.4, 0.5) is 0 Å². The largest absolute Gasteiger partial charge is 0.508 e. The van der Waals surface area contributed by atoms with Gasteiger partial charge in [-0.25, -0.2) is 0 Å². The minimum absolute atomic E-state index is 0.214. The number of aryl methyl sites for hydroxylation is 2. The van der Waals surface area contributed by atoms with Gasteiger partial charge < -0.3 is 14.6 Å². The minimum Gasteiger partial charge on any atom is -0.508 e. The number of phenols is 2. The second-order valence-corrected chi connectivity index (χ2v) is 6.36. The molecule has 3 nitrogen and oxygen atoms in total. The average Bonchev–Trinajstić information content (AvgIpc) is 2.95. The van der Waals surface area contributed by atoms with Gasteiger partial charge in [-0.1, -0.05) is 29.8 Å². The van der Waals surface area contributed by atoms with Crippen molar-refractivity contribution >= 4 is 11.0 Å². The van der Waals surface area contributed by atoms with Crippen molar-refractivity contribution in [3.05, 3.63) is 71.8 Å². The number of hydrogen-bond acceptors (Lipinski definition) is 3. The summed E-state index contributed by atoms with van der Waals surface area (Å²) in [5.74, 6) is 1.16. The summed E-state index contributed by atoms with van der Waals surface area (Å²) >= 11 is 0. The first kappa shape index (κ1) is 15.3. The molecule has 0 atom stereocenters. The zero-order chi connectivity index (χ0) is 17.6. The van der Waals surface area contributed by atoms with Crippen LogP contribution >= 0.6 is 0 Å². The molecule has 0 fully saturated rings. The first-order valence-corrected chi connectivity index (χ1v) is 8.15. The molecule has 4 rings (SSSR count). The number of furan rings is 1. The van der Waals surface area contributed by atoms with Crippen LogP contribution in [0.25, 0.3) is 33.4 Å². The van der Waals surface area contributed by atoms with Crippen LogP contribution in [0.15, 0.2) is 65.1 Å². The predicted molar refractivity (Wildman–Crippen MR) is 99.9 cm³/mol. The molecular formula is C22H18O3. The van der Waals surface area contributed by atoms with E-state index in [0.717, 1.165) is 44.5 Å². The van der Waals surface area contributed by atoms with Gasteiger partial charge in [0.1, 0.15) is 22.8 Å². The van der Waals surface area contributed by atoms with Crippen LogP contribution in [-0.2, 0) is 0 Å². The molecule has 25 heavy (non-hydrogen) atoms. The lowest BCUT2D eigenvalue weighted by molar-refractivity contribution is 0.474. The van der Waals surface area contributed by atoms with Gasteiger partial charge in [0.2, 0.25) is 0 Å². The van der Waals surface area contributed by atoms with E-state index >= 15 is 0 Å². The predicted octanol–water partition coefficient (Wildman–Crippen LogP) is 5.79. The monoisotopic (exact) mass is 330 g/mol. The summed E-state index contributed by atoms with van der Waals surface area (Å²) in [6.45, 7) is 3.97. The minimum atomic E-state index is 0.214. The number of fused-ring (bicyclic) bond motifs is 1. The van der Waals surface area contributed by atoms with Gasteiger partial charge in [-0.15, -0.1) is 0 Å². The standard InChI is InChI=1S/C22H18O3/c1-13-4-3-5-16(10-13)20-19-12-18(24)11-14(2)21(19)25-22(20)15-6-8-17(23)9-7-15/h3-12,23-24H,1-2H3. The third-order valence-corrected chi connectivity index (χ3v) is 4.40. The Bertz CT molecular complexity index is 1070. The summed E-state index contributed by atoms with van der Waals surface area (Å²) in [6, 6.07) is 18.6. The SMILES string of the molecule is Cc1cccc(-c2c(-c3ccc(O)cc3)oc3c(C)cc(O)cc23)c1. The lowest BCUT2D eigenvalue weighted by atomic mass is 9.96. The van der Waals surface area contributed by atoms with Crippen molar-refractivity contribution in [1.82, 2.24) is 0 Å². The smallest absolute Gasteiger partial charge is 0.143 e. The fraction of sp³-hybridized carbons (Fsp3) is 0.0909. The van der Waals surface area contributed by atoms with Crippen LogP contribution in [0.1, 0.15) is 11.1 Å². The third-order valence-electron chi connectivity index (χ3n) is 4.40. The Morgan fingerprint density at radius 1 is 0.760 bits per heavy atom. The summed E-state index contributed by atoms with van der Waals surface area (Å²) in [4.78, 5) is 0. The van der Waals surface area contributed by atoms with Gasteiger partial charge in [-0.3, -0.25) is 0 Å². The van der Waals surface area contributed by atoms with Crippen LogP contribution in [-0.4, -0.2) is 10.2 Å². The molecule has 1 heterocycles. The van der Waals surface area contributed by atoms with Gasteiger partial charge in [0.25, 0.3) is 0 Å². The molecule has 0 amide bonds. The molecule has 4 aromatic rings. The third kappa shape index (κ3) is 2.64. The van der Waals surface area contributed by atoms with E-state index in [-0.39, 0.29) is 11.5 Å². The second kappa shape index (κ2) is 5.71. The first-order valence-electron chi connectivity index (χ1n) is 8.15. The summed E-state index contributed by atoms with van der Waals surface area (Å²) in [5.41, 5.74) is 5.66. The molecule has 0 saturated carbocycles. The van der Waals surface area contributed by atoms with E-state index in [9.17, 15) is 10.2 Å². The van der Waals surface area contributed by atoms with Crippen molar-refractivity contribution in [1.29, 1.82) is 0 Å². The molecule has 3 heteroatoms. The van der Waals surface area contributed by atoms with Crippen molar-refractivity contribution in [2.24, 2.45) is 0 Å². The molecular weight excluding hydrogens is 312 g/mol. The Morgan fingerprint density at radius 3 is 2.24 bits per heavy atom. The summed E-state index contributed by atoms with van der Waals surface area (Å²) in [5, 5.41) is 20.5. The Labute approximate surface area is 145 Å². The molecule has 0 aliphatic heterocycles. The van der Waals surface area contributed by atoms with E-state index in [4.69, 9.17) is 4.42 Å². The number of benzene rings is 3. The van der Waals surface area contributed by atoms with E-state index in [1.807, 2.05) is 31.2 Å². The lowest BCUT2D eigenvalue weighted by Gasteiger charge is -2.06. The van der Waals surface area contributed by atoms with Crippen LogP contribution in [0.5, 0.6) is 11.5 Å². The molecule has 124 valence electrons. The molecule has 2 N–H and O–H groups in total. The van der Waals surface area contributed by atoms with E-state index in [2.05, 4.69) is 19.1 Å². The molecule has 1 aromatic heterocycles. The fourth-order valence-electron chi connectivity index (χ4n) is 3.25. The maximum atomic E-state index is 10.1. The van der Waals surface area contributed by atoms with Gasteiger partial charge in [0, 0.05) is 16.5 Å². The Hall–Kier alpha value is -3.20. The summed E-state index contributed by atoms with van der Waals surface area (Å²) in [7, 11) is 0. The molecule has 0 unspecified atom stereocenters. The maximum absolute atomic E-state index is 10.1. The number of rotatable bonds is 2. The van der Waals surface area contributed by atoms with Gasteiger partial charge >= 0.3 is 0 Å². The van der Waals surface area contributed by atoms with E-state index in [0.29, 0.717) is 0 Å². The normalized spacial score (nSPS) is 11.1. The van der Waals surface area contributed by atoms with Gasteiger partial charge in [0.15, 0.2) is 0 Å². The number of phenolic OH excluding ortho intramolecular Hbond substituents is 2. The summed E-state index contributed by atoms with van der Waals surface area (Å²) in [6.07, 6.45) is 0. The fourth-order valence-corrected chi connectivity index (χ4v) is 3.25. The molecule has 0 aliphatic carbocycles. The van der Waals surface area contributed by atoms with Crippen molar-refractivity contribution in [3.63, 3.8) is 0 Å². The van der Waals surface area contributed by atoms with Gasteiger partial charge in [-0.2, -0.15) is 0 Å². The molecule has 0 aliphatic rings. The van der Waals surface area contributed by atoms with E-state index in [1.165, 1.54) is 0 Å². The van der Waals surface area contributed by atoms with Crippen molar-refractivity contribution < 1.29 is 14.6 Å². The highest BCUT2D eigenvalue weighted by Crippen LogP contribution is 2.43. The Morgan fingerprint density at radius 2 is 1.52 bits per heavy atom. The zero-order valence-electron chi connectivity index (χ0n) is 14.1. The first-order chi connectivity index (χ1) is 12.0. The van der Waals surface area contributed by atoms with Gasteiger partial charge in [-0.05, 0) is 61.4 Å². The van der Waals surface area contributed by atoms with Crippen molar-refractivity contribution in [3.8, 4) is 33.9 Å². The lowest BCUT2D eigenvalue weighted by Crippen LogP contribution is -1.83. The quantitative estimate of drug-likeness (QED) is 0.489. The van der Waals surface area contributed by atoms with Crippen LogP contribution in [0.3, 0.4) is 0 Å². The van der Waals surface area contributed by atoms with E-state index < -0.39 is 0 Å². The topological polar surface area (TPSA) is 53.6 Å². The van der Waals surface area contributed by atoms with Crippen LogP contribution < -0.4 is 0 Å². The number of hydrogen-bond donors (Lipinski definition) is 2. The molecule has 0 bridgehead atoms. The Kier molecular flexibility index (Phi) is 3.50. The number of aromatic hydroxyl groups is 2. The molecule has 0 spiro atoms. The maximum Gasteiger partial charge on any atom is 0.143 e. The van der Waals surface area contributed by atoms with Crippen molar-refractivity contribution in [2.75, 3.05) is 0 Å². The van der Waals surface area contributed by atoms with Crippen molar-refractivity contribution in [2.45, 2.75) is 13.8 Å². The second-order valence-electron chi connectivity index (χ2n) is 6.36. The highest BCUT2D eigenvalue weighted by molar-refractivity contribution is 6.03. The van der Waals surface area contributed by atoms with E-state index in [1.54, 1.807) is 24.3 Å². The average molecular weight is 330 g/mol. The highest BCUT2D eigenvalue weighted by Gasteiger charge is 2.19. The Balaban J connectivity index is 2.09. The summed E-state index contributed by atoms with van der Waals surface area (Å²) < 4.78 is 6.21. The zero-order valence-corrected chi connectivity index (χ0v) is 14.1. The molecule has 3 aromatic carbocycles. The highest BCUT2D eigenvalue weighted by atomic mass is 16.3.